The molecule has 1 aromatic rings. The molecule has 0 bridgehead atoms. The van der Waals surface area contributed by atoms with E-state index in [4.69, 9.17) is 4.74 Å². The molecule has 0 atom stereocenters. The quantitative estimate of drug-likeness (QED) is 0.740. The maximum atomic E-state index is 10.9. The van der Waals surface area contributed by atoms with Gasteiger partial charge in [0.05, 0.1) is 0 Å². The second-order valence-corrected chi connectivity index (χ2v) is 4.90. The van der Waals surface area contributed by atoms with Crippen molar-refractivity contribution in [3.8, 4) is 5.75 Å². The van der Waals surface area contributed by atoms with Gasteiger partial charge in [0.25, 0.3) is 0 Å². The second-order valence-electron chi connectivity index (χ2n) is 4.90. The van der Waals surface area contributed by atoms with Crippen LogP contribution in [0.3, 0.4) is 0 Å². The zero-order valence-electron chi connectivity index (χ0n) is 11.2. The number of nitrogens with one attached hydrogen (secondary N) is 2. The zero-order valence-corrected chi connectivity index (χ0v) is 11.2. The summed E-state index contributed by atoms with van der Waals surface area (Å²) >= 11 is 0. The standard InChI is InChI=1S/C15H20N2O2/c1-11(9-16-13-3-4-13)10-19-15-7-5-14(6-8-15)17-12(2)18/h5-8,13,16H,1,3-4,9-10H2,2H3,(H,17,18). The molecule has 1 aliphatic carbocycles. The topological polar surface area (TPSA) is 50.4 Å². The van der Waals surface area contributed by atoms with Gasteiger partial charge in [-0.1, -0.05) is 6.58 Å². The Labute approximate surface area is 113 Å². The van der Waals surface area contributed by atoms with E-state index in [9.17, 15) is 4.79 Å². The summed E-state index contributed by atoms with van der Waals surface area (Å²) in [5.74, 6) is 0.704. The lowest BCUT2D eigenvalue weighted by Gasteiger charge is -2.10. The summed E-state index contributed by atoms with van der Waals surface area (Å²) in [4.78, 5) is 10.9. The summed E-state index contributed by atoms with van der Waals surface area (Å²) in [6.07, 6.45) is 2.55. The average Bonchev–Trinajstić information content (AvgIpc) is 3.19. The van der Waals surface area contributed by atoms with Crippen LogP contribution >= 0.6 is 0 Å². The van der Waals surface area contributed by atoms with Crippen molar-refractivity contribution in [3.63, 3.8) is 0 Å². The fourth-order valence-corrected chi connectivity index (χ4v) is 1.65. The van der Waals surface area contributed by atoms with Gasteiger partial charge in [-0.05, 0) is 42.7 Å². The molecule has 1 amide bonds. The smallest absolute Gasteiger partial charge is 0.221 e. The van der Waals surface area contributed by atoms with Gasteiger partial charge in [-0.3, -0.25) is 4.79 Å². The van der Waals surface area contributed by atoms with Crippen molar-refractivity contribution in [1.29, 1.82) is 0 Å². The van der Waals surface area contributed by atoms with Crippen LogP contribution in [0.1, 0.15) is 19.8 Å². The summed E-state index contributed by atoms with van der Waals surface area (Å²) in [7, 11) is 0. The van der Waals surface area contributed by atoms with Gasteiger partial charge in [0.15, 0.2) is 0 Å². The Bertz CT molecular complexity index is 450. The van der Waals surface area contributed by atoms with Gasteiger partial charge in [-0.2, -0.15) is 0 Å². The summed E-state index contributed by atoms with van der Waals surface area (Å²) in [5.41, 5.74) is 1.81. The molecule has 1 aliphatic rings. The van der Waals surface area contributed by atoms with E-state index < -0.39 is 0 Å². The Morgan fingerprint density at radius 1 is 1.37 bits per heavy atom. The van der Waals surface area contributed by atoms with Crippen LogP contribution in [0.4, 0.5) is 5.69 Å². The lowest BCUT2D eigenvalue weighted by atomic mass is 10.3. The van der Waals surface area contributed by atoms with Crippen LogP contribution in [-0.4, -0.2) is 25.1 Å². The molecular formula is C15H20N2O2. The number of hydrogen-bond donors (Lipinski definition) is 2. The first-order chi connectivity index (χ1) is 9.13. The van der Waals surface area contributed by atoms with E-state index in [1.165, 1.54) is 19.8 Å². The Kier molecular flexibility index (Phi) is 4.58. The van der Waals surface area contributed by atoms with Crippen LogP contribution in [0.5, 0.6) is 5.75 Å². The number of carbonyl (C=O) groups is 1. The zero-order chi connectivity index (χ0) is 13.7. The summed E-state index contributed by atoms with van der Waals surface area (Å²) in [6.45, 7) is 6.80. The predicted molar refractivity (Wildman–Crippen MR) is 76.4 cm³/mol. The van der Waals surface area contributed by atoms with Crippen LogP contribution < -0.4 is 15.4 Å². The number of carbonyl (C=O) groups excluding carboxylic acids is 1. The molecule has 0 spiro atoms. The maximum Gasteiger partial charge on any atom is 0.221 e. The predicted octanol–water partition coefficient (Wildman–Crippen LogP) is 2.33. The van der Waals surface area contributed by atoms with E-state index >= 15 is 0 Å². The molecule has 19 heavy (non-hydrogen) atoms. The highest BCUT2D eigenvalue weighted by atomic mass is 16.5. The Morgan fingerprint density at radius 2 is 2.05 bits per heavy atom. The van der Waals surface area contributed by atoms with Gasteiger partial charge in [0.1, 0.15) is 12.4 Å². The summed E-state index contributed by atoms with van der Waals surface area (Å²) in [6, 6.07) is 8.01. The molecule has 2 N–H and O–H groups in total. The van der Waals surface area contributed by atoms with E-state index in [1.54, 1.807) is 0 Å². The fourth-order valence-electron chi connectivity index (χ4n) is 1.65. The fraction of sp³-hybridized carbons (Fsp3) is 0.400. The van der Waals surface area contributed by atoms with E-state index in [1.807, 2.05) is 24.3 Å². The Balaban J connectivity index is 1.72. The maximum absolute atomic E-state index is 10.9. The average molecular weight is 260 g/mol. The first-order valence-corrected chi connectivity index (χ1v) is 6.54. The molecular weight excluding hydrogens is 240 g/mol. The van der Waals surface area contributed by atoms with Crippen molar-refractivity contribution in [2.24, 2.45) is 0 Å². The van der Waals surface area contributed by atoms with Crippen LogP contribution in [-0.2, 0) is 4.79 Å². The minimum atomic E-state index is -0.0757. The number of hydrogen-bond acceptors (Lipinski definition) is 3. The third kappa shape index (κ3) is 5.14. The van der Waals surface area contributed by atoms with Crippen LogP contribution in [0, 0.1) is 0 Å². The van der Waals surface area contributed by atoms with Gasteiger partial charge in [0.2, 0.25) is 5.91 Å². The van der Waals surface area contributed by atoms with E-state index in [0.717, 1.165) is 23.6 Å². The highest BCUT2D eigenvalue weighted by Gasteiger charge is 2.19. The molecule has 0 aliphatic heterocycles. The highest BCUT2D eigenvalue weighted by molar-refractivity contribution is 5.88. The monoisotopic (exact) mass is 260 g/mol. The lowest BCUT2D eigenvalue weighted by Crippen LogP contribution is -2.21. The van der Waals surface area contributed by atoms with Crippen molar-refractivity contribution in [2.75, 3.05) is 18.5 Å². The summed E-state index contributed by atoms with van der Waals surface area (Å²) in [5, 5.41) is 6.11. The molecule has 1 saturated carbocycles. The van der Waals surface area contributed by atoms with Crippen molar-refractivity contribution in [2.45, 2.75) is 25.8 Å². The Morgan fingerprint density at radius 3 is 2.63 bits per heavy atom. The van der Waals surface area contributed by atoms with Crippen LogP contribution in [0.2, 0.25) is 0 Å². The van der Waals surface area contributed by atoms with Gasteiger partial charge >= 0.3 is 0 Å². The molecule has 4 nitrogen and oxygen atoms in total. The molecule has 0 radical (unpaired) electrons. The Hall–Kier alpha value is -1.81. The molecule has 0 saturated heterocycles. The number of benzene rings is 1. The van der Waals surface area contributed by atoms with Crippen molar-refractivity contribution in [1.82, 2.24) is 5.32 Å². The first kappa shape index (κ1) is 13.6. The molecule has 4 heteroatoms. The van der Waals surface area contributed by atoms with Gasteiger partial charge in [-0.25, -0.2) is 0 Å². The number of anilines is 1. The molecule has 0 aromatic heterocycles. The van der Waals surface area contributed by atoms with Crippen molar-refractivity contribution < 1.29 is 9.53 Å². The molecule has 1 aromatic carbocycles. The SMILES string of the molecule is C=C(CNC1CC1)COc1ccc(NC(C)=O)cc1. The number of amides is 1. The van der Waals surface area contributed by atoms with Crippen molar-refractivity contribution >= 4 is 11.6 Å². The number of ether oxygens (including phenoxy) is 1. The second kappa shape index (κ2) is 6.38. The molecule has 0 unspecified atom stereocenters. The van der Waals surface area contributed by atoms with Gasteiger partial charge in [-0.15, -0.1) is 0 Å². The first-order valence-electron chi connectivity index (χ1n) is 6.54. The van der Waals surface area contributed by atoms with Crippen molar-refractivity contribution in [3.05, 3.63) is 36.4 Å². The molecule has 102 valence electrons. The lowest BCUT2D eigenvalue weighted by molar-refractivity contribution is -0.114. The van der Waals surface area contributed by atoms with E-state index in [-0.39, 0.29) is 5.91 Å². The number of rotatable bonds is 7. The largest absolute Gasteiger partial charge is 0.489 e. The highest BCUT2D eigenvalue weighted by Crippen LogP contribution is 2.19. The normalized spacial score (nSPS) is 13.9. The minimum Gasteiger partial charge on any atom is -0.489 e. The summed E-state index contributed by atoms with van der Waals surface area (Å²) < 4.78 is 5.63. The third-order valence-electron chi connectivity index (χ3n) is 2.84. The van der Waals surface area contributed by atoms with Crippen LogP contribution in [0.25, 0.3) is 0 Å². The minimum absolute atomic E-state index is 0.0757. The van der Waals surface area contributed by atoms with E-state index in [0.29, 0.717) is 12.6 Å². The third-order valence-corrected chi connectivity index (χ3v) is 2.84. The molecule has 1 fully saturated rings. The van der Waals surface area contributed by atoms with Gasteiger partial charge in [0, 0.05) is 25.2 Å². The molecule has 2 rings (SSSR count). The van der Waals surface area contributed by atoms with Crippen LogP contribution in [0.15, 0.2) is 36.4 Å². The van der Waals surface area contributed by atoms with E-state index in [2.05, 4.69) is 17.2 Å². The molecule has 0 heterocycles. The van der Waals surface area contributed by atoms with Gasteiger partial charge < -0.3 is 15.4 Å².